The van der Waals surface area contributed by atoms with Gasteiger partial charge in [-0.15, -0.1) is 0 Å². The number of hydrogen-bond acceptors (Lipinski definition) is 3. The Kier molecular flexibility index (Phi) is 4.60. The molecule has 0 bridgehead atoms. The van der Waals surface area contributed by atoms with Crippen molar-refractivity contribution < 1.29 is 18.7 Å². The molecule has 0 aliphatic carbocycles. The quantitative estimate of drug-likeness (QED) is 0.863. The van der Waals surface area contributed by atoms with E-state index in [0.717, 1.165) is 10.5 Å². The summed E-state index contributed by atoms with van der Waals surface area (Å²) in [5.41, 5.74) is 1.29. The zero-order valence-electron chi connectivity index (χ0n) is 13.3. The van der Waals surface area contributed by atoms with Crippen molar-refractivity contribution in [1.29, 1.82) is 0 Å². The summed E-state index contributed by atoms with van der Waals surface area (Å²) in [6.07, 6.45) is -0.147. The van der Waals surface area contributed by atoms with Crippen molar-refractivity contribution in [2.45, 2.75) is 25.3 Å². The van der Waals surface area contributed by atoms with E-state index in [1.54, 1.807) is 25.1 Å². The largest absolute Gasteiger partial charge is 0.447 e. The predicted octanol–water partition coefficient (Wildman–Crippen LogP) is 3.52. The maximum atomic E-state index is 13.9. The molecule has 3 rings (SSSR count). The van der Waals surface area contributed by atoms with Crippen molar-refractivity contribution in [3.05, 3.63) is 71.5 Å². The Morgan fingerprint density at radius 1 is 1.21 bits per heavy atom. The van der Waals surface area contributed by atoms with Crippen LogP contribution in [0.2, 0.25) is 0 Å². The van der Waals surface area contributed by atoms with Crippen LogP contribution >= 0.6 is 0 Å². The van der Waals surface area contributed by atoms with Gasteiger partial charge in [0.05, 0.1) is 12.0 Å². The molecule has 1 saturated heterocycles. The minimum Gasteiger partial charge on any atom is -0.447 e. The molecule has 124 valence electrons. The second kappa shape index (κ2) is 6.83. The minimum absolute atomic E-state index is 0.156. The summed E-state index contributed by atoms with van der Waals surface area (Å²) in [6, 6.07) is 15.3. The lowest BCUT2D eigenvalue weighted by atomic mass is 9.97. The number of ether oxygens (including phenoxy) is 1. The van der Waals surface area contributed by atoms with Gasteiger partial charge in [0.15, 0.2) is 0 Å². The van der Waals surface area contributed by atoms with E-state index >= 15 is 0 Å². The maximum absolute atomic E-state index is 13.9. The topological polar surface area (TPSA) is 46.6 Å². The van der Waals surface area contributed by atoms with E-state index in [0.29, 0.717) is 6.42 Å². The van der Waals surface area contributed by atoms with Gasteiger partial charge in [-0.05, 0) is 30.5 Å². The summed E-state index contributed by atoms with van der Waals surface area (Å²) in [5, 5.41) is 0. The van der Waals surface area contributed by atoms with Gasteiger partial charge in [-0.3, -0.25) is 4.79 Å². The fraction of sp³-hybridized carbons (Fsp3) is 0.263. The molecular formula is C19H18FNO3. The van der Waals surface area contributed by atoms with Gasteiger partial charge in [0.2, 0.25) is 5.91 Å². The van der Waals surface area contributed by atoms with Crippen LogP contribution in [-0.2, 0) is 16.0 Å². The first kappa shape index (κ1) is 16.2. The van der Waals surface area contributed by atoms with E-state index in [9.17, 15) is 14.0 Å². The maximum Gasteiger partial charge on any atom is 0.417 e. The third kappa shape index (κ3) is 3.15. The number of cyclic esters (lactones) is 1. The Bertz CT molecular complexity index is 747. The van der Waals surface area contributed by atoms with Crippen LogP contribution in [0.3, 0.4) is 0 Å². The van der Waals surface area contributed by atoms with E-state index in [-0.39, 0.29) is 18.2 Å². The molecule has 2 amide bonds. The summed E-state index contributed by atoms with van der Waals surface area (Å²) >= 11 is 0. The van der Waals surface area contributed by atoms with Crippen molar-refractivity contribution in [3.63, 3.8) is 0 Å². The number of carbonyl (C=O) groups excluding carboxylic acids is 2. The number of amides is 2. The lowest BCUT2D eigenvalue weighted by molar-refractivity contribution is -0.130. The number of nitrogens with zero attached hydrogens (tertiary/aromatic N) is 1. The van der Waals surface area contributed by atoms with Gasteiger partial charge in [-0.1, -0.05) is 48.5 Å². The molecule has 0 saturated carbocycles. The van der Waals surface area contributed by atoms with Crippen LogP contribution in [0, 0.1) is 5.82 Å². The zero-order valence-corrected chi connectivity index (χ0v) is 13.3. The standard InChI is InChI=1S/C19H18FNO3/c1-13(16-9-5-6-10-17(16)20)18(22)21-15(12-24-19(21)23)11-14-7-3-2-4-8-14/h2-10,13,15H,11-12H2,1H3/t13-,15-/m0/s1. The molecule has 1 fully saturated rings. The SMILES string of the molecule is C[C@H](C(=O)N1C(=O)OC[C@@H]1Cc1ccccc1)c1ccccc1F. The molecule has 0 N–H and O–H groups in total. The van der Waals surface area contributed by atoms with E-state index in [2.05, 4.69) is 0 Å². The first-order valence-corrected chi connectivity index (χ1v) is 7.86. The molecule has 24 heavy (non-hydrogen) atoms. The molecule has 0 aromatic heterocycles. The van der Waals surface area contributed by atoms with Gasteiger partial charge in [-0.25, -0.2) is 14.1 Å². The van der Waals surface area contributed by atoms with Crippen molar-refractivity contribution in [1.82, 2.24) is 4.90 Å². The smallest absolute Gasteiger partial charge is 0.417 e. The second-order valence-corrected chi connectivity index (χ2v) is 5.87. The average Bonchev–Trinajstić information content (AvgIpc) is 2.95. The second-order valence-electron chi connectivity index (χ2n) is 5.87. The minimum atomic E-state index is -0.755. The van der Waals surface area contributed by atoms with Gasteiger partial charge in [-0.2, -0.15) is 0 Å². The summed E-state index contributed by atoms with van der Waals surface area (Å²) in [7, 11) is 0. The predicted molar refractivity (Wildman–Crippen MR) is 86.9 cm³/mol. The Morgan fingerprint density at radius 3 is 2.58 bits per heavy atom. The van der Waals surface area contributed by atoms with Crippen molar-refractivity contribution in [2.75, 3.05) is 6.61 Å². The lowest BCUT2D eigenvalue weighted by Crippen LogP contribution is -2.42. The van der Waals surface area contributed by atoms with Crippen LogP contribution in [0.1, 0.15) is 24.0 Å². The van der Waals surface area contributed by atoms with Gasteiger partial charge >= 0.3 is 6.09 Å². The average molecular weight is 327 g/mol. The van der Waals surface area contributed by atoms with Gasteiger partial charge in [0.1, 0.15) is 12.4 Å². The number of benzene rings is 2. The number of rotatable bonds is 4. The molecule has 1 aliphatic heterocycles. The fourth-order valence-corrected chi connectivity index (χ4v) is 2.93. The molecule has 0 spiro atoms. The fourth-order valence-electron chi connectivity index (χ4n) is 2.93. The van der Waals surface area contributed by atoms with E-state index < -0.39 is 23.7 Å². The highest BCUT2D eigenvalue weighted by Gasteiger charge is 2.40. The molecule has 5 heteroatoms. The molecule has 4 nitrogen and oxygen atoms in total. The van der Waals surface area contributed by atoms with E-state index in [1.807, 2.05) is 30.3 Å². The molecule has 0 radical (unpaired) electrons. The molecule has 2 aromatic rings. The highest BCUT2D eigenvalue weighted by molar-refractivity contribution is 5.97. The van der Waals surface area contributed by atoms with Crippen LogP contribution in [0.15, 0.2) is 54.6 Å². The Morgan fingerprint density at radius 2 is 1.88 bits per heavy atom. The number of hydrogen-bond donors (Lipinski definition) is 0. The number of halogens is 1. The number of carbonyl (C=O) groups is 2. The van der Waals surface area contributed by atoms with Crippen LogP contribution in [0.25, 0.3) is 0 Å². The van der Waals surface area contributed by atoms with Crippen molar-refractivity contribution >= 4 is 12.0 Å². The van der Waals surface area contributed by atoms with Gasteiger partial charge < -0.3 is 4.74 Å². The van der Waals surface area contributed by atoms with Gasteiger partial charge in [0.25, 0.3) is 0 Å². The zero-order chi connectivity index (χ0) is 17.1. The molecule has 0 unspecified atom stereocenters. The molecule has 1 heterocycles. The molecule has 2 aromatic carbocycles. The van der Waals surface area contributed by atoms with Crippen molar-refractivity contribution in [2.24, 2.45) is 0 Å². The summed E-state index contributed by atoms with van der Waals surface area (Å²) in [5.74, 6) is -1.65. The monoisotopic (exact) mass is 327 g/mol. The Balaban J connectivity index is 1.81. The first-order valence-electron chi connectivity index (χ1n) is 7.86. The van der Waals surface area contributed by atoms with Crippen LogP contribution in [0.4, 0.5) is 9.18 Å². The number of imide groups is 1. The van der Waals surface area contributed by atoms with Crippen molar-refractivity contribution in [3.8, 4) is 0 Å². The summed E-state index contributed by atoms with van der Waals surface area (Å²) < 4.78 is 19.0. The van der Waals surface area contributed by atoms with Crippen LogP contribution in [0.5, 0.6) is 0 Å². The Labute approximate surface area is 139 Å². The van der Waals surface area contributed by atoms with E-state index in [4.69, 9.17) is 4.74 Å². The third-order valence-electron chi connectivity index (χ3n) is 4.25. The normalized spacial score (nSPS) is 18.3. The molecule has 2 atom stereocenters. The van der Waals surface area contributed by atoms with Crippen LogP contribution < -0.4 is 0 Å². The summed E-state index contributed by atoms with van der Waals surface area (Å²) in [4.78, 5) is 25.9. The van der Waals surface area contributed by atoms with E-state index in [1.165, 1.54) is 6.07 Å². The first-order chi connectivity index (χ1) is 11.6. The van der Waals surface area contributed by atoms with Gasteiger partial charge in [0, 0.05) is 0 Å². The molecule has 1 aliphatic rings. The third-order valence-corrected chi connectivity index (χ3v) is 4.25. The lowest BCUT2D eigenvalue weighted by Gasteiger charge is -2.23. The summed E-state index contributed by atoms with van der Waals surface area (Å²) in [6.45, 7) is 1.76. The molecular weight excluding hydrogens is 309 g/mol. The highest BCUT2D eigenvalue weighted by atomic mass is 19.1. The Hall–Kier alpha value is -2.69. The van der Waals surface area contributed by atoms with Crippen LogP contribution in [-0.4, -0.2) is 29.5 Å². The highest BCUT2D eigenvalue weighted by Crippen LogP contribution is 2.26.